The Morgan fingerprint density at radius 2 is 1.77 bits per heavy atom. The van der Waals surface area contributed by atoms with Crippen LogP contribution in [-0.2, 0) is 17.9 Å². The third kappa shape index (κ3) is 6.04. The number of rotatable bonds is 9. The molecule has 30 heavy (non-hydrogen) atoms. The first-order valence-corrected chi connectivity index (χ1v) is 10.8. The second-order valence-corrected chi connectivity index (χ2v) is 7.92. The van der Waals surface area contributed by atoms with Gasteiger partial charge in [-0.15, -0.1) is 10.2 Å². The van der Waals surface area contributed by atoms with E-state index in [1.54, 1.807) is 25.3 Å². The van der Waals surface area contributed by atoms with Crippen molar-refractivity contribution in [2.75, 3.05) is 18.2 Å². The number of carbonyl (C=O) groups is 1. The second-order valence-electron chi connectivity index (χ2n) is 6.10. The Bertz CT molecular complexity index is 992. The Morgan fingerprint density at radius 3 is 2.40 bits per heavy atom. The number of methoxy groups -OCH3 is 1. The molecule has 7 nitrogen and oxygen atoms in total. The maximum Gasteiger partial charge on any atom is 0.234 e. The maximum absolute atomic E-state index is 12.3. The molecule has 3 rings (SSSR count). The van der Waals surface area contributed by atoms with Crippen molar-refractivity contribution < 1.29 is 14.3 Å². The van der Waals surface area contributed by atoms with Gasteiger partial charge in [0.1, 0.15) is 18.1 Å². The van der Waals surface area contributed by atoms with Crippen molar-refractivity contribution in [2.45, 2.75) is 25.2 Å². The molecule has 0 bridgehead atoms. The molecule has 3 aromatic rings. The van der Waals surface area contributed by atoms with Gasteiger partial charge in [-0.3, -0.25) is 4.79 Å². The van der Waals surface area contributed by atoms with Gasteiger partial charge < -0.3 is 19.4 Å². The van der Waals surface area contributed by atoms with Crippen molar-refractivity contribution in [3.05, 3.63) is 58.3 Å². The Morgan fingerprint density at radius 1 is 1.10 bits per heavy atom. The van der Waals surface area contributed by atoms with E-state index in [2.05, 4.69) is 15.5 Å². The van der Waals surface area contributed by atoms with E-state index in [9.17, 15) is 4.79 Å². The number of ether oxygens (including phenoxy) is 2. The SMILES string of the molecule is CCn1c(COc2ccc(OC)cc2)nnc1SCC(=O)Nc1cc(Cl)cc(Cl)c1. The fourth-order valence-electron chi connectivity index (χ4n) is 2.62. The number of aromatic nitrogens is 3. The van der Waals surface area contributed by atoms with E-state index < -0.39 is 0 Å². The number of nitrogens with zero attached hydrogens (tertiary/aromatic N) is 3. The summed E-state index contributed by atoms with van der Waals surface area (Å²) in [6.07, 6.45) is 0. The molecule has 0 radical (unpaired) electrons. The Hall–Kier alpha value is -2.42. The highest BCUT2D eigenvalue weighted by Gasteiger charge is 2.14. The fourth-order valence-corrected chi connectivity index (χ4v) is 3.97. The van der Waals surface area contributed by atoms with Gasteiger partial charge in [-0.05, 0) is 49.4 Å². The minimum atomic E-state index is -0.194. The van der Waals surface area contributed by atoms with Crippen molar-refractivity contribution in [3.8, 4) is 11.5 Å². The number of thioether (sulfide) groups is 1. The molecule has 1 heterocycles. The number of anilines is 1. The van der Waals surface area contributed by atoms with Gasteiger partial charge in [0.25, 0.3) is 0 Å². The van der Waals surface area contributed by atoms with Gasteiger partial charge >= 0.3 is 0 Å². The molecule has 10 heteroatoms. The molecule has 0 aliphatic rings. The average Bonchev–Trinajstić information content (AvgIpc) is 3.12. The van der Waals surface area contributed by atoms with Crippen molar-refractivity contribution in [1.29, 1.82) is 0 Å². The molecule has 0 aliphatic heterocycles. The predicted octanol–water partition coefficient (Wildman–Crippen LogP) is 4.92. The summed E-state index contributed by atoms with van der Waals surface area (Å²) in [6.45, 7) is 2.90. The van der Waals surface area contributed by atoms with E-state index in [0.29, 0.717) is 39.0 Å². The molecule has 0 saturated heterocycles. The number of nitrogens with one attached hydrogen (secondary N) is 1. The number of hydrogen-bond acceptors (Lipinski definition) is 6. The summed E-state index contributed by atoms with van der Waals surface area (Å²) in [5.41, 5.74) is 0.545. The van der Waals surface area contributed by atoms with Crippen LogP contribution in [0.4, 0.5) is 5.69 Å². The lowest BCUT2D eigenvalue weighted by atomic mass is 10.3. The molecular formula is C20H20Cl2N4O3S. The number of amides is 1. The van der Waals surface area contributed by atoms with Gasteiger partial charge in [0.15, 0.2) is 11.0 Å². The van der Waals surface area contributed by atoms with Crippen molar-refractivity contribution in [3.63, 3.8) is 0 Å². The summed E-state index contributed by atoms with van der Waals surface area (Å²) in [6, 6.07) is 12.2. The second kappa shape index (κ2) is 10.6. The van der Waals surface area contributed by atoms with E-state index in [0.717, 1.165) is 5.75 Å². The summed E-state index contributed by atoms with van der Waals surface area (Å²) < 4.78 is 12.8. The summed E-state index contributed by atoms with van der Waals surface area (Å²) in [5.74, 6) is 2.12. The Labute approximate surface area is 188 Å². The predicted molar refractivity (Wildman–Crippen MR) is 119 cm³/mol. The average molecular weight is 467 g/mol. The van der Waals surface area contributed by atoms with Crippen molar-refractivity contribution >= 4 is 46.6 Å². The number of benzene rings is 2. The van der Waals surface area contributed by atoms with E-state index >= 15 is 0 Å². The summed E-state index contributed by atoms with van der Waals surface area (Å²) in [7, 11) is 1.61. The molecule has 0 unspecified atom stereocenters. The molecule has 0 saturated carbocycles. The van der Waals surface area contributed by atoms with E-state index in [1.807, 2.05) is 35.8 Å². The summed E-state index contributed by atoms with van der Waals surface area (Å²) in [5, 5.41) is 12.7. The zero-order valence-electron chi connectivity index (χ0n) is 16.4. The standard InChI is InChI=1S/C20H20Cl2N4O3S/c1-3-26-18(11-29-17-6-4-16(28-2)5-7-17)24-25-20(26)30-12-19(27)23-15-9-13(21)8-14(22)10-15/h4-10H,3,11-12H2,1-2H3,(H,23,27). The molecule has 0 aliphatic carbocycles. The topological polar surface area (TPSA) is 78.3 Å². The first kappa shape index (κ1) is 22.3. The molecule has 0 fully saturated rings. The van der Waals surface area contributed by atoms with Gasteiger partial charge in [-0.25, -0.2) is 0 Å². The van der Waals surface area contributed by atoms with Crippen LogP contribution in [0.25, 0.3) is 0 Å². The summed E-state index contributed by atoms with van der Waals surface area (Å²) >= 11 is 13.2. The van der Waals surface area contributed by atoms with Gasteiger partial charge in [-0.1, -0.05) is 35.0 Å². The Balaban J connectivity index is 1.57. The van der Waals surface area contributed by atoms with Gasteiger partial charge in [-0.2, -0.15) is 0 Å². The quantitative estimate of drug-likeness (QED) is 0.450. The van der Waals surface area contributed by atoms with Crippen LogP contribution in [0.15, 0.2) is 47.6 Å². The molecule has 0 spiro atoms. The van der Waals surface area contributed by atoms with Gasteiger partial charge in [0.05, 0.1) is 12.9 Å². The first-order chi connectivity index (χ1) is 14.5. The lowest BCUT2D eigenvalue weighted by Crippen LogP contribution is -2.15. The maximum atomic E-state index is 12.3. The van der Waals surface area contributed by atoms with E-state index in [1.165, 1.54) is 11.8 Å². The molecule has 0 atom stereocenters. The normalized spacial score (nSPS) is 10.7. The Kier molecular flexibility index (Phi) is 7.84. The fraction of sp³-hybridized carbons (Fsp3) is 0.250. The zero-order valence-corrected chi connectivity index (χ0v) is 18.7. The number of halogens is 2. The van der Waals surface area contributed by atoms with Crippen molar-refractivity contribution in [1.82, 2.24) is 14.8 Å². The van der Waals surface area contributed by atoms with Crippen LogP contribution in [-0.4, -0.2) is 33.5 Å². The number of hydrogen-bond donors (Lipinski definition) is 1. The third-order valence-electron chi connectivity index (χ3n) is 4.02. The lowest BCUT2D eigenvalue weighted by molar-refractivity contribution is -0.113. The molecule has 1 N–H and O–H groups in total. The van der Waals surface area contributed by atoms with Crippen LogP contribution in [0.3, 0.4) is 0 Å². The highest BCUT2D eigenvalue weighted by molar-refractivity contribution is 7.99. The van der Waals surface area contributed by atoms with Gasteiger partial charge in [0, 0.05) is 22.3 Å². The van der Waals surface area contributed by atoms with Crippen LogP contribution in [0.5, 0.6) is 11.5 Å². The van der Waals surface area contributed by atoms with Crippen LogP contribution >= 0.6 is 35.0 Å². The van der Waals surface area contributed by atoms with Crippen LogP contribution < -0.4 is 14.8 Å². The van der Waals surface area contributed by atoms with E-state index in [-0.39, 0.29) is 18.3 Å². The minimum Gasteiger partial charge on any atom is -0.497 e. The van der Waals surface area contributed by atoms with E-state index in [4.69, 9.17) is 32.7 Å². The molecular weight excluding hydrogens is 447 g/mol. The molecule has 2 aromatic carbocycles. The first-order valence-electron chi connectivity index (χ1n) is 9.06. The lowest BCUT2D eigenvalue weighted by Gasteiger charge is -2.09. The van der Waals surface area contributed by atoms with Crippen LogP contribution in [0.2, 0.25) is 10.0 Å². The summed E-state index contributed by atoms with van der Waals surface area (Å²) in [4.78, 5) is 12.3. The number of carbonyl (C=O) groups excluding carboxylic acids is 1. The van der Waals surface area contributed by atoms with Crippen molar-refractivity contribution in [2.24, 2.45) is 0 Å². The third-order valence-corrected chi connectivity index (χ3v) is 5.42. The molecule has 1 aromatic heterocycles. The highest BCUT2D eigenvalue weighted by Crippen LogP contribution is 2.24. The highest BCUT2D eigenvalue weighted by atomic mass is 35.5. The van der Waals surface area contributed by atoms with Crippen LogP contribution in [0.1, 0.15) is 12.7 Å². The monoisotopic (exact) mass is 466 g/mol. The molecule has 158 valence electrons. The van der Waals surface area contributed by atoms with Crippen LogP contribution in [0, 0.1) is 0 Å². The largest absolute Gasteiger partial charge is 0.497 e. The van der Waals surface area contributed by atoms with Gasteiger partial charge in [0.2, 0.25) is 5.91 Å². The minimum absolute atomic E-state index is 0.168. The zero-order chi connectivity index (χ0) is 21.5. The smallest absolute Gasteiger partial charge is 0.234 e. The molecule has 1 amide bonds.